The van der Waals surface area contributed by atoms with Gasteiger partial charge in [0, 0.05) is 11.1 Å². The van der Waals surface area contributed by atoms with Gasteiger partial charge >= 0.3 is 0 Å². The second kappa shape index (κ2) is 13.3. The van der Waals surface area contributed by atoms with Crippen LogP contribution in [0.3, 0.4) is 0 Å². The van der Waals surface area contributed by atoms with E-state index < -0.39 is 0 Å². The number of rotatable bonds is 13. The first-order chi connectivity index (χ1) is 12.2. The van der Waals surface area contributed by atoms with Crippen LogP contribution in [-0.2, 0) is 6.42 Å². The zero-order chi connectivity index (χ0) is 18.3. The number of aryl methyl sites for hydroxylation is 1. The molecule has 5 heteroatoms. The Morgan fingerprint density at radius 3 is 1.64 bits per heavy atom. The minimum absolute atomic E-state index is 0.0533. The minimum atomic E-state index is -0.0533. The Balaban J connectivity index is 2.34. The average Bonchev–Trinajstić information content (AvgIpc) is 2.61. The molecule has 0 aliphatic rings. The third kappa shape index (κ3) is 8.57. The molecule has 0 aliphatic heterocycles. The van der Waals surface area contributed by atoms with Crippen molar-refractivity contribution < 1.29 is 15.5 Å². The van der Waals surface area contributed by atoms with Crippen molar-refractivity contribution in [3.8, 4) is 5.75 Å². The molecule has 3 N–H and O–H groups in total. The molecule has 1 aromatic carbocycles. The molecule has 25 heavy (non-hydrogen) atoms. The smallest absolute Gasteiger partial charge is 0.133 e. The van der Waals surface area contributed by atoms with Gasteiger partial charge in [-0.25, -0.2) is 0 Å². The van der Waals surface area contributed by atoms with Crippen LogP contribution in [0.2, 0.25) is 0 Å². The van der Waals surface area contributed by atoms with Gasteiger partial charge in [0.05, 0.1) is 12.4 Å². The summed E-state index contributed by atoms with van der Waals surface area (Å²) in [5.74, 6) is -0.0533. The lowest BCUT2D eigenvalue weighted by atomic mass is 9.99. The predicted molar refractivity (Wildman–Crippen MR) is 102 cm³/mol. The Morgan fingerprint density at radius 2 is 1.20 bits per heavy atom. The first-order valence-corrected chi connectivity index (χ1v) is 9.43. The molecule has 0 unspecified atom stereocenters. The fourth-order valence-electron chi connectivity index (χ4n) is 3.03. The van der Waals surface area contributed by atoms with Crippen LogP contribution in [-0.4, -0.2) is 28.0 Å². The molecule has 0 saturated carbocycles. The Morgan fingerprint density at radius 1 is 0.760 bits per heavy atom. The normalized spacial score (nSPS) is 11.7. The number of unbranched alkanes of at least 4 members (excludes halogenated alkanes) is 9. The van der Waals surface area contributed by atoms with Crippen molar-refractivity contribution in [2.24, 2.45) is 10.3 Å². The molecule has 0 radical (unpaired) electrons. The molecule has 1 rings (SSSR count). The third-order valence-corrected chi connectivity index (χ3v) is 4.44. The molecule has 0 aliphatic carbocycles. The number of hydrogen-bond acceptors (Lipinski definition) is 5. The van der Waals surface area contributed by atoms with E-state index in [-0.39, 0.29) is 5.75 Å². The van der Waals surface area contributed by atoms with Crippen LogP contribution in [0.15, 0.2) is 22.4 Å². The van der Waals surface area contributed by atoms with Crippen molar-refractivity contribution in [3.63, 3.8) is 0 Å². The summed E-state index contributed by atoms with van der Waals surface area (Å²) in [6.45, 7) is 2.24. The number of hydrogen-bond donors (Lipinski definition) is 3. The van der Waals surface area contributed by atoms with E-state index >= 15 is 0 Å². The molecule has 0 heterocycles. The molecule has 0 amide bonds. The summed E-state index contributed by atoms with van der Waals surface area (Å²) < 4.78 is 0. The molecule has 140 valence electrons. The van der Waals surface area contributed by atoms with Gasteiger partial charge in [0.2, 0.25) is 0 Å². The summed E-state index contributed by atoms with van der Waals surface area (Å²) in [5.41, 5.74) is 1.87. The summed E-state index contributed by atoms with van der Waals surface area (Å²) in [5, 5.41) is 33.4. The fourth-order valence-corrected chi connectivity index (χ4v) is 3.03. The van der Waals surface area contributed by atoms with Crippen LogP contribution in [0.1, 0.15) is 87.8 Å². The van der Waals surface area contributed by atoms with Crippen molar-refractivity contribution in [1.82, 2.24) is 0 Å². The van der Waals surface area contributed by atoms with Gasteiger partial charge in [0.25, 0.3) is 0 Å². The van der Waals surface area contributed by atoms with Crippen molar-refractivity contribution >= 4 is 12.4 Å². The number of aromatic hydroxyl groups is 1. The lowest BCUT2D eigenvalue weighted by Gasteiger charge is -2.08. The lowest BCUT2D eigenvalue weighted by Crippen LogP contribution is -1.95. The van der Waals surface area contributed by atoms with Crippen LogP contribution in [0.4, 0.5) is 0 Å². The molecular formula is C20H32N2O3. The average molecular weight is 348 g/mol. The van der Waals surface area contributed by atoms with E-state index in [1.165, 1.54) is 70.2 Å². The van der Waals surface area contributed by atoms with Gasteiger partial charge in [-0.15, -0.1) is 0 Å². The highest BCUT2D eigenvalue weighted by Gasteiger charge is 2.08. The highest BCUT2D eigenvalue weighted by molar-refractivity contribution is 5.91. The second-order valence-corrected chi connectivity index (χ2v) is 6.54. The monoisotopic (exact) mass is 348 g/mol. The minimum Gasteiger partial charge on any atom is -0.507 e. The van der Waals surface area contributed by atoms with Crippen molar-refractivity contribution in [2.45, 2.75) is 77.6 Å². The van der Waals surface area contributed by atoms with Crippen molar-refractivity contribution in [3.05, 3.63) is 28.8 Å². The summed E-state index contributed by atoms with van der Waals surface area (Å²) in [6.07, 6.45) is 16.1. The Kier molecular flexibility index (Phi) is 11.2. The van der Waals surface area contributed by atoms with Gasteiger partial charge in [-0.2, -0.15) is 0 Å². The van der Waals surface area contributed by atoms with Crippen LogP contribution in [0.25, 0.3) is 0 Å². The van der Waals surface area contributed by atoms with Gasteiger partial charge in [0.1, 0.15) is 5.75 Å². The third-order valence-electron chi connectivity index (χ3n) is 4.44. The highest BCUT2D eigenvalue weighted by Crippen LogP contribution is 2.23. The Bertz CT molecular complexity index is 509. The number of phenols is 1. The van der Waals surface area contributed by atoms with E-state index in [9.17, 15) is 5.11 Å². The van der Waals surface area contributed by atoms with E-state index in [0.717, 1.165) is 18.4 Å². The van der Waals surface area contributed by atoms with Crippen LogP contribution < -0.4 is 0 Å². The summed E-state index contributed by atoms with van der Waals surface area (Å²) in [4.78, 5) is 0. The van der Waals surface area contributed by atoms with E-state index in [1.807, 2.05) is 0 Å². The van der Waals surface area contributed by atoms with Gasteiger partial charge in [-0.05, 0) is 30.5 Å². The first-order valence-electron chi connectivity index (χ1n) is 9.43. The number of phenolic OH excluding ortho intramolecular Hbond substituents is 1. The highest BCUT2D eigenvalue weighted by atomic mass is 16.4. The van der Waals surface area contributed by atoms with Crippen LogP contribution in [0.5, 0.6) is 5.75 Å². The molecule has 0 atom stereocenters. The molecule has 0 aromatic heterocycles. The van der Waals surface area contributed by atoms with Crippen molar-refractivity contribution in [1.29, 1.82) is 0 Å². The fraction of sp³-hybridized carbons (Fsp3) is 0.600. The number of benzene rings is 1. The molecule has 1 aromatic rings. The standard InChI is InChI=1S/C20H32N2O3/c1-2-3-4-5-6-7-8-9-10-11-12-17-13-18(15-21-24)20(23)19(14-17)16-22-25/h13-16,23-25H,2-12H2,1H3. The van der Waals surface area contributed by atoms with Gasteiger partial charge < -0.3 is 15.5 Å². The van der Waals surface area contributed by atoms with Gasteiger partial charge in [-0.1, -0.05) is 75.0 Å². The maximum atomic E-state index is 10.0. The molecule has 0 saturated heterocycles. The van der Waals surface area contributed by atoms with Crippen molar-refractivity contribution in [2.75, 3.05) is 0 Å². The largest absolute Gasteiger partial charge is 0.507 e. The zero-order valence-electron chi connectivity index (χ0n) is 15.3. The van der Waals surface area contributed by atoms with E-state index in [2.05, 4.69) is 17.2 Å². The molecule has 5 nitrogen and oxygen atoms in total. The Labute approximate surface area is 151 Å². The lowest BCUT2D eigenvalue weighted by molar-refractivity contribution is 0.321. The number of oxime groups is 2. The molecule has 0 bridgehead atoms. The molecule has 0 fully saturated rings. The zero-order valence-corrected chi connectivity index (χ0v) is 15.3. The maximum absolute atomic E-state index is 10.0. The second-order valence-electron chi connectivity index (χ2n) is 6.54. The van der Waals surface area contributed by atoms with Gasteiger partial charge in [-0.3, -0.25) is 0 Å². The topological polar surface area (TPSA) is 85.4 Å². The van der Waals surface area contributed by atoms with Crippen LogP contribution >= 0.6 is 0 Å². The van der Waals surface area contributed by atoms with E-state index in [0.29, 0.717) is 11.1 Å². The first kappa shape index (κ1) is 21.0. The quantitative estimate of drug-likeness (QED) is 0.191. The summed E-state index contributed by atoms with van der Waals surface area (Å²) in [6, 6.07) is 3.61. The number of nitrogens with zero attached hydrogens (tertiary/aromatic N) is 2. The van der Waals surface area contributed by atoms with Crippen LogP contribution in [0, 0.1) is 0 Å². The predicted octanol–water partition coefficient (Wildman–Crippen LogP) is 5.47. The van der Waals surface area contributed by atoms with E-state index in [1.54, 1.807) is 12.1 Å². The Hall–Kier alpha value is -2.04. The summed E-state index contributed by atoms with van der Waals surface area (Å²) in [7, 11) is 0. The summed E-state index contributed by atoms with van der Waals surface area (Å²) >= 11 is 0. The molecular weight excluding hydrogens is 316 g/mol. The van der Waals surface area contributed by atoms with E-state index in [4.69, 9.17) is 10.4 Å². The van der Waals surface area contributed by atoms with Gasteiger partial charge in [0.15, 0.2) is 0 Å². The SMILES string of the molecule is CCCCCCCCCCCCc1cc(C=NO)c(O)c(C=NO)c1. The molecule has 0 spiro atoms. The maximum Gasteiger partial charge on any atom is 0.133 e.